The van der Waals surface area contributed by atoms with Gasteiger partial charge in [-0.3, -0.25) is 9.59 Å². The Morgan fingerprint density at radius 2 is 1.80 bits per heavy atom. The number of hydrazine groups is 1. The maximum atomic E-state index is 12.2. The average Bonchev–Trinajstić information content (AvgIpc) is 2.64. The molecule has 0 unspecified atom stereocenters. The summed E-state index contributed by atoms with van der Waals surface area (Å²) in [5.74, 6) is -1.52. The molecule has 4 N–H and O–H groups in total. The maximum Gasteiger partial charge on any atom is 0.331 e. The van der Waals surface area contributed by atoms with Crippen LogP contribution in [0.3, 0.4) is 0 Å². The zero-order chi connectivity index (χ0) is 14.4. The minimum atomic E-state index is -1.02. The van der Waals surface area contributed by atoms with Gasteiger partial charge in [0, 0.05) is 5.39 Å². The van der Waals surface area contributed by atoms with E-state index in [1.165, 1.54) is 6.07 Å². The lowest BCUT2D eigenvalue weighted by Crippen LogP contribution is -2.48. The van der Waals surface area contributed by atoms with Gasteiger partial charge in [0.2, 0.25) is 0 Å². The van der Waals surface area contributed by atoms with Crippen molar-refractivity contribution in [1.82, 2.24) is 10.4 Å². The van der Waals surface area contributed by atoms with Crippen molar-refractivity contribution in [3.63, 3.8) is 0 Å². The van der Waals surface area contributed by atoms with Crippen molar-refractivity contribution >= 4 is 28.6 Å². The van der Waals surface area contributed by atoms with Crippen LogP contribution in [0.25, 0.3) is 10.8 Å². The lowest BCUT2D eigenvalue weighted by Gasteiger charge is -2.12. The Morgan fingerprint density at radius 3 is 2.45 bits per heavy atom. The average molecular weight is 271 g/mol. The Morgan fingerprint density at radius 1 is 1.15 bits per heavy atom. The number of carbonyl (C=O) groups is 3. The van der Waals surface area contributed by atoms with Crippen molar-refractivity contribution < 1.29 is 19.5 Å². The zero-order valence-corrected chi connectivity index (χ0v) is 10.1. The summed E-state index contributed by atoms with van der Waals surface area (Å²) in [4.78, 5) is 35.1. The van der Waals surface area contributed by atoms with Crippen molar-refractivity contribution in [2.45, 2.75) is 0 Å². The second-order valence-corrected chi connectivity index (χ2v) is 4.29. The van der Waals surface area contributed by atoms with Crippen LogP contribution in [-0.4, -0.2) is 28.0 Å². The number of imide groups is 1. The molecule has 0 spiro atoms. The Balaban J connectivity index is 2.27. The molecule has 0 atom stereocenters. The van der Waals surface area contributed by atoms with Gasteiger partial charge in [-0.05, 0) is 11.5 Å². The number of urea groups is 1. The summed E-state index contributed by atoms with van der Waals surface area (Å²) in [5, 5.41) is 11.3. The van der Waals surface area contributed by atoms with E-state index in [4.69, 9.17) is 5.73 Å². The highest BCUT2D eigenvalue weighted by Gasteiger charge is 2.38. The first kappa shape index (κ1) is 12.0. The topological polar surface area (TPSA) is 113 Å². The highest BCUT2D eigenvalue weighted by Crippen LogP contribution is 2.35. The lowest BCUT2D eigenvalue weighted by atomic mass is 9.99. The van der Waals surface area contributed by atoms with Crippen molar-refractivity contribution in [1.29, 1.82) is 0 Å². The molecule has 3 rings (SSSR count). The number of nitrogens with two attached hydrogens (primary N) is 1. The molecular formula is C13H9N3O4. The Bertz CT molecular complexity index is 785. The molecule has 2 aromatic carbocycles. The number of phenolic OH excluding ortho intramolecular Hbond substituents is 1. The molecule has 1 aliphatic rings. The van der Waals surface area contributed by atoms with Gasteiger partial charge in [0.15, 0.2) is 0 Å². The maximum absolute atomic E-state index is 12.2. The second kappa shape index (κ2) is 3.95. The molecule has 4 amide bonds. The summed E-state index contributed by atoms with van der Waals surface area (Å²) in [5.41, 5.74) is 7.06. The fourth-order valence-electron chi connectivity index (χ4n) is 2.29. The number of fused-ring (bicyclic) bond motifs is 3. The van der Waals surface area contributed by atoms with Crippen molar-refractivity contribution in [3.05, 3.63) is 41.5 Å². The second-order valence-electron chi connectivity index (χ2n) is 4.29. The fraction of sp³-hybridized carbons (Fsp3) is 0. The van der Waals surface area contributed by atoms with Gasteiger partial charge in [-0.25, -0.2) is 10.2 Å². The quantitative estimate of drug-likeness (QED) is 0.663. The molecule has 100 valence electrons. The summed E-state index contributed by atoms with van der Waals surface area (Å²) < 4.78 is 0. The zero-order valence-electron chi connectivity index (χ0n) is 10.1. The van der Waals surface area contributed by atoms with Crippen LogP contribution in [0.5, 0.6) is 5.75 Å². The number of carbonyl (C=O) groups excluding carboxylic acids is 3. The number of nitrogens with zero attached hydrogens (tertiary/aromatic N) is 1. The van der Waals surface area contributed by atoms with Gasteiger partial charge >= 0.3 is 6.03 Å². The summed E-state index contributed by atoms with van der Waals surface area (Å²) >= 11 is 0. The lowest BCUT2D eigenvalue weighted by molar-refractivity contribution is 0.0591. The van der Waals surface area contributed by atoms with E-state index in [1.54, 1.807) is 24.3 Å². The van der Waals surface area contributed by atoms with E-state index in [9.17, 15) is 19.5 Å². The molecule has 0 aromatic heterocycles. The largest absolute Gasteiger partial charge is 0.507 e. The first-order valence-corrected chi connectivity index (χ1v) is 5.70. The SMILES string of the molecule is NC(=O)NN1C(=O)c2cc(O)c3ccccc3c2C1=O. The number of amides is 4. The third kappa shape index (κ3) is 1.50. The van der Waals surface area contributed by atoms with Crippen LogP contribution in [0.15, 0.2) is 30.3 Å². The molecule has 1 aliphatic heterocycles. The number of primary amides is 1. The molecule has 20 heavy (non-hydrogen) atoms. The van der Waals surface area contributed by atoms with E-state index in [2.05, 4.69) is 0 Å². The molecule has 2 aromatic rings. The number of rotatable bonds is 1. The van der Waals surface area contributed by atoms with Crippen LogP contribution in [0.4, 0.5) is 4.79 Å². The molecule has 7 nitrogen and oxygen atoms in total. The Labute approximate surface area is 112 Å². The van der Waals surface area contributed by atoms with E-state index in [-0.39, 0.29) is 16.9 Å². The van der Waals surface area contributed by atoms with E-state index in [1.807, 2.05) is 5.43 Å². The minimum Gasteiger partial charge on any atom is -0.507 e. The van der Waals surface area contributed by atoms with Gasteiger partial charge in [0.05, 0.1) is 11.1 Å². The standard InChI is InChI=1S/C13H9N3O4/c14-13(20)15-16-11(18)8-5-9(17)6-3-1-2-4-7(6)10(8)12(16)19/h1-5,17H,(H3,14,15,20). The molecule has 1 heterocycles. The van der Waals surface area contributed by atoms with Crippen molar-refractivity contribution in [2.75, 3.05) is 0 Å². The molecule has 0 aliphatic carbocycles. The Kier molecular flexibility index (Phi) is 2.37. The van der Waals surface area contributed by atoms with Gasteiger partial charge in [0.25, 0.3) is 11.8 Å². The predicted molar refractivity (Wildman–Crippen MR) is 68.8 cm³/mol. The van der Waals surface area contributed by atoms with Crippen LogP contribution < -0.4 is 11.2 Å². The summed E-state index contributed by atoms with van der Waals surface area (Å²) in [6, 6.07) is 6.83. The number of nitrogens with one attached hydrogen (secondary N) is 1. The predicted octanol–water partition coefficient (Wildman–Crippen LogP) is 0.725. The Hall–Kier alpha value is -3.09. The molecule has 0 bridgehead atoms. The summed E-state index contributed by atoms with van der Waals surface area (Å²) in [6.07, 6.45) is 0. The minimum absolute atomic E-state index is 0.0277. The summed E-state index contributed by atoms with van der Waals surface area (Å²) in [7, 11) is 0. The number of aromatic hydroxyl groups is 1. The van der Waals surface area contributed by atoms with Crippen molar-refractivity contribution in [2.24, 2.45) is 5.73 Å². The van der Waals surface area contributed by atoms with Gasteiger partial charge < -0.3 is 10.8 Å². The molecule has 0 fully saturated rings. The molecule has 0 saturated heterocycles. The first-order valence-electron chi connectivity index (χ1n) is 5.70. The monoisotopic (exact) mass is 271 g/mol. The highest BCUT2D eigenvalue weighted by molar-refractivity contribution is 6.27. The molecule has 7 heteroatoms. The summed E-state index contributed by atoms with van der Waals surface area (Å²) in [6.45, 7) is 0. The fourth-order valence-corrected chi connectivity index (χ4v) is 2.29. The molecule has 0 saturated carbocycles. The van der Waals surface area contributed by atoms with E-state index < -0.39 is 17.8 Å². The van der Waals surface area contributed by atoms with E-state index in [0.29, 0.717) is 15.8 Å². The molecular weight excluding hydrogens is 262 g/mol. The van der Waals surface area contributed by atoms with Gasteiger partial charge in [-0.1, -0.05) is 24.3 Å². The first-order chi connectivity index (χ1) is 9.50. The van der Waals surface area contributed by atoms with Crippen LogP contribution in [0.1, 0.15) is 20.7 Å². The van der Waals surface area contributed by atoms with Crippen LogP contribution in [0, 0.1) is 0 Å². The van der Waals surface area contributed by atoms with Crippen LogP contribution in [-0.2, 0) is 0 Å². The normalized spacial score (nSPS) is 13.7. The third-order valence-electron chi connectivity index (χ3n) is 3.10. The number of hydrogen-bond acceptors (Lipinski definition) is 4. The number of benzene rings is 2. The van der Waals surface area contributed by atoms with Crippen molar-refractivity contribution in [3.8, 4) is 5.75 Å². The van der Waals surface area contributed by atoms with E-state index in [0.717, 1.165) is 0 Å². The number of hydrogen-bond donors (Lipinski definition) is 3. The molecule has 0 radical (unpaired) electrons. The van der Waals surface area contributed by atoms with E-state index >= 15 is 0 Å². The van der Waals surface area contributed by atoms with Crippen LogP contribution >= 0.6 is 0 Å². The van der Waals surface area contributed by atoms with Crippen LogP contribution in [0.2, 0.25) is 0 Å². The van der Waals surface area contributed by atoms with Gasteiger partial charge in [-0.15, -0.1) is 0 Å². The third-order valence-corrected chi connectivity index (χ3v) is 3.10. The smallest absolute Gasteiger partial charge is 0.331 e. The van der Waals surface area contributed by atoms with Gasteiger partial charge in [0.1, 0.15) is 5.75 Å². The number of phenols is 1. The van der Waals surface area contributed by atoms with Gasteiger partial charge in [-0.2, -0.15) is 5.01 Å². The highest BCUT2D eigenvalue weighted by atomic mass is 16.3.